The maximum absolute atomic E-state index is 11.4. The van der Waals surface area contributed by atoms with Crippen LogP contribution in [0.25, 0.3) is 22.4 Å². The highest BCUT2D eigenvalue weighted by Gasteiger charge is 2.08. The summed E-state index contributed by atoms with van der Waals surface area (Å²) < 4.78 is 5.27. The lowest BCUT2D eigenvalue weighted by Crippen LogP contribution is -2.10. The van der Waals surface area contributed by atoms with Gasteiger partial charge in [0.1, 0.15) is 5.69 Å². The summed E-state index contributed by atoms with van der Waals surface area (Å²) in [6, 6.07) is 11.1. The number of aromatic nitrogens is 2. The average Bonchev–Trinajstić information content (AvgIpc) is 2.81. The Labute approximate surface area is 90.6 Å². The van der Waals surface area contributed by atoms with Crippen LogP contribution in [0.5, 0.6) is 0 Å². The monoisotopic (exact) mass is 212 g/mol. The highest BCUT2D eigenvalue weighted by Crippen LogP contribution is 2.23. The predicted molar refractivity (Wildman–Crippen MR) is 60.1 cm³/mol. The summed E-state index contributed by atoms with van der Waals surface area (Å²) in [7, 11) is 0. The Morgan fingerprint density at radius 2 is 2.00 bits per heavy atom. The van der Waals surface area contributed by atoms with Crippen molar-refractivity contribution in [2.45, 2.75) is 0 Å². The summed E-state index contributed by atoms with van der Waals surface area (Å²) in [5.74, 6) is 0.599. The molecule has 2 heterocycles. The number of rotatable bonds is 1. The minimum atomic E-state index is -0.370. The van der Waals surface area contributed by atoms with Gasteiger partial charge in [0.25, 0.3) is 0 Å². The third-order valence-electron chi connectivity index (χ3n) is 2.39. The lowest BCUT2D eigenvalue weighted by Gasteiger charge is -2.01. The van der Waals surface area contributed by atoms with Crippen LogP contribution in [0.1, 0.15) is 0 Å². The lowest BCUT2D eigenvalue weighted by atomic mass is 10.1. The first-order valence-electron chi connectivity index (χ1n) is 4.87. The van der Waals surface area contributed by atoms with Crippen molar-refractivity contribution < 1.29 is 4.42 Å². The summed E-state index contributed by atoms with van der Waals surface area (Å²) in [6.45, 7) is 0. The van der Waals surface area contributed by atoms with Crippen LogP contribution >= 0.6 is 0 Å². The smallest absolute Gasteiger partial charge is 0.346 e. The van der Waals surface area contributed by atoms with E-state index in [0.717, 1.165) is 10.9 Å². The fourth-order valence-corrected chi connectivity index (χ4v) is 1.70. The van der Waals surface area contributed by atoms with Crippen LogP contribution < -0.4 is 5.69 Å². The van der Waals surface area contributed by atoms with E-state index < -0.39 is 0 Å². The fourth-order valence-electron chi connectivity index (χ4n) is 1.70. The van der Waals surface area contributed by atoms with Crippen LogP contribution in [0.2, 0.25) is 0 Å². The van der Waals surface area contributed by atoms with Crippen molar-refractivity contribution in [1.29, 1.82) is 0 Å². The van der Waals surface area contributed by atoms with Gasteiger partial charge < -0.3 is 9.40 Å². The molecule has 0 radical (unpaired) electrons. The number of H-pyrrole nitrogens is 1. The van der Waals surface area contributed by atoms with E-state index in [9.17, 15) is 4.79 Å². The van der Waals surface area contributed by atoms with Crippen molar-refractivity contribution in [3.63, 3.8) is 0 Å². The first kappa shape index (κ1) is 8.91. The van der Waals surface area contributed by atoms with Gasteiger partial charge in [0, 0.05) is 5.39 Å². The van der Waals surface area contributed by atoms with Gasteiger partial charge >= 0.3 is 5.69 Å². The second-order valence-electron chi connectivity index (χ2n) is 3.41. The molecule has 0 bridgehead atoms. The second kappa shape index (κ2) is 3.34. The number of fused-ring (bicyclic) bond motifs is 1. The van der Waals surface area contributed by atoms with E-state index in [0.29, 0.717) is 11.5 Å². The number of nitrogens with one attached hydrogen (secondary N) is 1. The molecular formula is C12H8N2O2. The Morgan fingerprint density at radius 3 is 2.81 bits per heavy atom. The van der Waals surface area contributed by atoms with Crippen LogP contribution in [-0.2, 0) is 0 Å². The summed E-state index contributed by atoms with van der Waals surface area (Å²) in [5, 5.41) is 0.872. The van der Waals surface area contributed by atoms with Gasteiger partial charge in [-0.3, -0.25) is 0 Å². The molecule has 0 spiro atoms. The quantitative estimate of drug-likeness (QED) is 0.672. The maximum atomic E-state index is 11.4. The average molecular weight is 212 g/mol. The minimum absolute atomic E-state index is 0.370. The molecule has 0 unspecified atom stereocenters. The number of para-hydroxylation sites is 1. The van der Waals surface area contributed by atoms with Crippen molar-refractivity contribution in [1.82, 2.24) is 9.97 Å². The fraction of sp³-hybridized carbons (Fsp3) is 0. The zero-order valence-corrected chi connectivity index (χ0v) is 8.31. The Kier molecular flexibility index (Phi) is 1.86. The van der Waals surface area contributed by atoms with Gasteiger partial charge in [-0.05, 0) is 18.2 Å². The molecule has 4 nitrogen and oxygen atoms in total. The summed E-state index contributed by atoms with van der Waals surface area (Å²) in [5.41, 5.74) is 0.961. The van der Waals surface area contributed by atoms with Gasteiger partial charge in [0.15, 0.2) is 5.76 Å². The normalized spacial score (nSPS) is 10.8. The number of benzene rings is 1. The predicted octanol–water partition coefficient (Wildman–Crippen LogP) is 2.18. The molecule has 0 amide bonds. The molecule has 0 fully saturated rings. The molecule has 3 aromatic rings. The molecule has 78 valence electrons. The highest BCUT2D eigenvalue weighted by molar-refractivity contribution is 5.90. The number of nitrogens with zero attached hydrogens (tertiary/aromatic N) is 1. The standard InChI is InChI=1S/C12H8N2O2/c15-12-13-9-5-2-1-4-8(9)11(14-12)10-6-3-7-16-10/h1-7H,(H,13,14,15). The Balaban J connectivity index is 2.44. The van der Waals surface area contributed by atoms with Gasteiger partial charge in [0.2, 0.25) is 0 Å². The number of aromatic amines is 1. The molecule has 0 aliphatic rings. The Bertz CT molecular complexity index is 684. The molecule has 0 saturated carbocycles. The maximum Gasteiger partial charge on any atom is 0.346 e. The first-order chi connectivity index (χ1) is 7.84. The van der Waals surface area contributed by atoms with Crippen molar-refractivity contribution >= 4 is 10.9 Å². The number of hydrogen-bond acceptors (Lipinski definition) is 3. The van der Waals surface area contributed by atoms with E-state index in [1.165, 1.54) is 0 Å². The Morgan fingerprint density at radius 1 is 1.12 bits per heavy atom. The van der Waals surface area contributed by atoms with Crippen LogP contribution in [0, 0.1) is 0 Å². The van der Waals surface area contributed by atoms with Crippen molar-refractivity contribution in [2.24, 2.45) is 0 Å². The second-order valence-corrected chi connectivity index (χ2v) is 3.41. The topological polar surface area (TPSA) is 58.9 Å². The molecule has 1 aromatic carbocycles. The summed E-state index contributed by atoms with van der Waals surface area (Å²) in [4.78, 5) is 18.0. The summed E-state index contributed by atoms with van der Waals surface area (Å²) in [6.07, 6.45) is 1.56. The van der Waals surface area contributed by atoms with Crippen LogP contribution in [0.15, 0.2) is 51.9 Å². The van der Waals surface area contributed by atoms with Crippen molar-refractivity contribution in [2.75, 3.05) is 0 Å². The van der Waals surface area contributed by atoms with E-state index >= 15 is 0 Å². The highest BCUT2D eigenvalue weighted by atomic mass is 16.3. The van der Waals surface area contributed by atoms with E-state index in [-0.39, 0.29) is 5.69 Å². The van der Waals surface area contributed by atoms with Gasteiger partial charge in [-0.25, -0.2) is 4.79 Å². The van der Waals surface area contributed by atoms with Gasteiger partial charge in [-0.2, -0.15) is 4.98 Å². The molecule has 0 aliphatic carbocycles. The van der Waals surface area contributed by atoms with Gasteiger partial charge in [-0.1, -0.05) is 18.2 Å². The van der Waals surface area contributed by atoms with Crippen LogP contribution in [0.4, 0.5) is 0 Å². The molecule has 1 N–H and O–H groups in total. The zero-order valence-electron chi connectivity index (χ0n) is 8.31. The van der Waals surface area contributed by atoms with Crippen molar-refractivity contribution in [3.05, 3.63) is 53.1 Å². The van der Waals surface area contributed by atoms with Gasteiger partial charge in [0.05, 0.1) is 11.8 Å². The Hall–Kier alpha value is -2.36. The first-order valence-corrected chi connectivity index (χ1v) is 4.87. The molecule has 0 aliphatic heterocycles. The molecule has 3 rings (SSSR count). The van der Waals surface area contributed by atoms with E-state index in [4.69, 9.17) is 4.42 Å². The van der Waals surface area contributed by atoms with E-state index in [1.807, 2.05) is 24.3 Å². The number of furan rings is 1. The van der Waals surface area contributed by atoms with Crippen molar-refractivity contribution in [3.8, 4) is 11.5 Å². The van der Waals surface area contributed by atoms with E-state index in [2.05, 4.69) is 9.97 Å². The zero-order chi connectivity index (χ0) is 11.0. The molecule has 4 heteroatoms. The minimum Gasteiger partial charge on any atom is -0.463 e. The molecule has 0 saturated heterocycles. The van der Waals surface area contributed by atoms with E-state index in [1.54, 1.807) is 18.4 Å². The lowest BCUT2D eigenvalue weighted by molar-refractivity contribution is 0.580. The van der Waals surface area contributed by atoms with Gasteiger partial charge in [-0.15, -0.1) is 0 Å². The number of hydrogen-bond donors (Lipinski definition) is 1. The summed E-state index contributed by atoms with van der Waals surface area (Å²) >= 11 is 0. The van der Waals surface area contributed by atoms with Crippen LogP contribution in [0.3, 0.4) is 0 Å². The SMILES string of the molecule is O=c1nc(-c2ccco2)c2ccccc2[nH]1. The third-order valence-corrected chi connectivity index (χ3v) is 2.39. The third kappa shape index (κ3) is 1.32. The van der Waals surface area contributed by atoms with Crippen LogP contribution in [-0.4, -0.2) is 9.97 Å². The molecule has 2 aromatic heterocycles. The largest absolute Gasteiger partial charge is 0.463 e. The molecule has 0 atom stereocenters. The molecule has 16 heavy (non-hydrogen) atoms. The molecular weight excluding hydrogens is 204 g/mol.